The van der Waals surface area contributed by atoms with Crippen LogP contribution in [0.5, 0.6) is 0 Å². The van der Waals surface area contributed by atoms with Gasteiger partial charge in [-0.1, -0.05) is 41.9 Å². The van der Waals surface area contributed by atoms with Crippen molar-refractivity contribution in [3.05, 3.63) is 75.2 Å². The Bertz CT molecular complexity index is 1260. The second-order valence-corrected chi connectivity index (χ2v) is 9.32. The van der Waals surface area contributed by atoms with Gasteiger partial charge in [0.25, 0.3) is 5.56 Å². The predicted molar refractivity (Wildman–Crippen MR) is 137 cm³/mol. The standard InChI is InChI=1S/C22H24ClN3O.C4H6O5/c1-25-13-4-5-18(12-14-25)26-22(27)20-7-3-2-6-19(20)21(24-26)15-16-8-10-17(23)11-9-16;5-2(4(8)9)1-3(6)7/h2-3,6-11,18H,4-5,12-15H2,1H3;2,5H,1H2,(H,6,7)(H,8,9)/t18-;/m0./s1. The van der Waals surface area contributed by atoms with Crippen molar-refractivity contribution in [3.63, 3.8) is 0 Å². The number of carboxylic acids is 2. The first kappa shape index (κ1) is 27.3. The number of carbonyl (C=O) groups is 2. The molecule has 0 spiro atoms. The van der Waals surface area contributed by atoms with Crippen LogP contribution in [0.3, 0.4) is 0 Å². The van der Waals surface area contributed by atoms with E-state index in [9.17, 15) is 14.4 Å². The van der Waals surface area contributed by atoms with Crippen molar-refractivity contribution in [2.45, 2.75) is 44.2 Å². The summed E-state index contributed by atoms with van der Waals surface area (Å²) < 4.78 is 1.76. The van der Waals surface area contributed by atoms with Crippen LogP contribution < -0.4 is 5.56 Å². The van der Waals surface area contributed by atoms with Gasteiger partial charge in [0.15, 0.2) is 6.10 Å². The monoisotopic (exact) mass is 515 g/mol. The van der Waals surface area contributed by atoms with E-state index in [-0.39, 0.29) is 11.6 Å². The fourth-order valence-electron chi connectivity index (χ4n) is 4.17. The van der Waals surface area contributed by atoms with Crippen LogP contribution in [-0.2, 0) is 16.0 Å². The predicted octanol–water partition coefficient (Wildman–Crippen LogP) is 3.20. The Hall–Kier alpha value is -3.27. The zero-order valence-electron chi connectivity index (χ0n) is 20.0. The summed E-state index contributed by atoms with van der Waals surface area (Å²) in [5, 5.41) is 31.4. The number of hydrogen-bond donors (Lipinski definition) is 3. The number of carboxylic acid groups (broad SMARTS) is 2. The van der Waals surface area contributed by atoms with E-state index < -0.39 is 24.5 Å². The van der Waals surface area contributed by atoms with Crippen molar-refractivity contribution in [1.82, 2.24) is 14.7 Å². The third-order valence-electron chi connectivity index (χ3n) is 6.11. The second-order valence-electron chi connectivity index (χ2n) is 8.89. The van der Waals surface area contributed by atoms with Gasteiger partial charge in [-0.3, -0.25) is 9.59 Å². The van der Waals surface area contributed by atoms with Gasteiger partial charge in [-0.05, 0) is 63.2 Å². The maximum Gasteiger partial charge on any atom is 0.333 e. The molecule has 2 aromatic carbocycles. The minimum Gasteiger partial charge on any atom is -0.481 e. The Kier molecular flexibility index (Phi) is 9.58. The number of likely N-dealkylation sites (tertiary alicyclic amines) is 1. The van der Waals surface area contributed by atoms with E-state index in [1.807, 2.05) is 48.5 Å². The zero-order chi connectivity index (χ0) is 26.2. The molecule has 4 rings (SSSR count). The maximum absolute atomic E-state index is 13.1. The summed E-state index contributed by atoms with van der Waals surface area (Å²) in [6.07, 6.45) is 1.19. The molecule has 0 aliphatic carbocycles. The molecule has 2 atom stereocenters. The smallest absolute Gasteiger partial charge is 0.333 e. The number of halogens is 1. The normalized spacial score (nSPS) is 17.0. The topological polar surface area (TPSA) is 133 Å². The highest BCUT2D eigenvalue weighted by Crippen LogP contribution is 2.23. The summed E-state index contributed by atoms with van der Waals surface area (Å²) in [5.74, 6) is -2.85. The molecule has 3 aromatic rings. The Morgan fingerprint density at radius 2 is 1.72 bits per heavy atom. The van der Waals surface area contributed by atoms with Crippen LogP contribution in [0.15, 0.2) is 53.3 Å². The SMILES string of the molecule is CN1CCC[C@H](n2nc(Cc3ccc(Cl)cc3)c3ccccc3c2=O)CC1.O=C(O)CC(O)C(=O)O. The van der Waals surface area contributed by atoms with Crippen LogP contribution in [0.1, 0.15) is 43.0 Å². The molecule has 1 unspecified atom stereocenters. The van der Waals surface area contributed by atoms with Gasteiger partial charge in [-0.2, -0.15) is 5.10 Å². The Labute approximate surface area is 213 Å². The van der Waals surface area contributed by atoms with Gasteiger partial charge in [0.1, 0.15) is 0 Å². The van der Waals surface area contributed by atoms with Crippen molar-refractivity contribution in [2.24, 2.45) is 0 Å². The summed E-state index contributed by atoms with van der Waals surface area (Å²) in [6, 6.07) is 15.8. The van der Waals surface area contributed by atoms with Crippen LogP contribution >= 0.6 is 11.6 Å². The quantitative estimate of drug-likeness (QED) is 0.456. The van der Waals surface area contributed by atoms with Crippen LogP contribution in [0.4, 0.5) is 0 Å². The number of rotatable bonds is 6. The fourth-order valence-corrected chi connectivity index (χ4v) is 4.29. The maximum atomic E-state index is 13.1. The third-order valence-corrected chi connectivity index (χ3v) is 6.36. The first-order valence-corrected chi connectivity index (χ1v) is 12.1. The molecule has 1 aliphatic heterocycles. The van der Waals surface area contributed by atoms with E-state index >= 15 is 0 Å². The van der Waals surface area contributed by atoms with E-state index in [2.05, 4.69) is 11.9 Å². The molecule has 192 valence electrons. The van der Waals surface area contributed by atoms with Crippen molar-refractivity contribution in [2.75, 3.05) is 20.1 Å². The molecule has 1 aromatic heterocycles. The lowest BCUT2D eigenvalue weighted by atomic mass is 10.0. The van der Waals surface area contributed by atoms with E-state index in [4.69, 9.17) is 32.0 Å². The molecule has 1 saturated heterocycles. The van der Waals surface area contributed by atoms with E-state index in [1.165, 1.54) is 0 Å². The summed E-state index contributed by atoms with van der Waals surface area (Å²) >= 11 is 6.02. The summed E-state index contributed by atoms with van der Waals surface area (Å²) in [4.78, 5) is 34.9. The van der Waals surface area contributed by atoms with E-state index in [0.29, 0.717) is 6.42 Å². The molecule has 36 heavy (non-hydrogen) atoms. The number of fused-ring (bicyclic) bond motifs is 1. The van der Waals surface area contributed by atoms with Gasteiger partial charge < -0.3 is 20.2 Å². The lowest BCUT2D eigenvalue weighted by Crippen LogP contribution is -2.29. The number of nitrogens with zero attached hydrogens (tertiary/aromatic N) is 3. The van der Waals surface area contributed by atoms with Crippen LogP contribution in [0.25, 0.3) is 10.8 Å². The number of aliphatic hydroxyl groups is 1. The Morgan fingerprint density at radius 3 is 2.33 bits per heavy atom. The summed E-state index contributed by atoms with van der Waals surface area (Å²) in [5.41, 5.74) is 2.12. The molecule has 1 aliphatic rings. The van der Waals surface area contributed by atoms with Gasteiger partial charge in [-0.15, -0.1) is 0 Å². The third kappa shape index (κ3) is 7.36. The molecule has 0 saturated carbocycles. The van der Waals surface area contributed by atoms with E-state index in [0.717, 1.165) is 59.4 Å². The van der Waals surface area contributed by atoms with Crippen LogP contribution in [-0.4, -0.2) is 68.2 Å². The minimum atomic E-state index is -1.79. The molecule has 0 amide bonds. The molecule has 2 heterocycles. The molecule has 0 bridgehead atoms. The molecule has 3 N–H and O–H groups in total. The first-order valence-electron chi connectivity index (χ1n) is 11.7. The van der Waals surface area contributed by atoms with Gasteiger partial charge >= 0.3 is 11.9 Å². The average molecular weight is 516 g/mol. The molecule has 1 fully saturated rings. The van der Waals surface area contributed by atoms with Crippen LogP contribution in [0.2, 0.25) is 5.02 Å². The lowest BCUT2D eigenvalue weighted by Gasteiger charge is -2.19. The Balaban J connectivity index is 0.000000345. The number of hydrogen-bond acceptors (Lipinski definition) is 6. The molecule has 10 heteroatoms. The fraction of sp³-hybridized carbons (Fsp3) is 0.385. The van der Waals surface area contributed by atoms with Crippen molar-refractivity contribution in [3.8, 4) is 0 Å². The van der Waals surface area contributed by atoms with Crippen molar-refractivity contribution >= 4 is 34.3 Å². The largest absolute Gasteiger partial charge is 0.481 e. The molecular weight excluding hydrogens is 486 g/mol. The van der Waals surface area contributed by atoms with Gasteiger partial charge in [-0.25, -0.2) is 9.48 Å². The first-order chi connectivity index (χ1) is 17.2. The summed E-state index contributed by atoms with van der Waals surface area (Å²) in [7, 11) is 2.14. The van der Waals surface area contributed by atoms with Crippen LogP contribution in [0, 0.1) is 0 Å². The van der Waals surface area contributed by atoms with Gasteiger partial charge in [0, 0.05) is 16.8 Å². The number of aliphatic hydroxyl groups excluding tert-OH is 1. The Morgan fingerprint density at radius 1 is 1.06 bits per heavy atom. The number of aromatic nitrogens is 2. The highest BCUT2D eigenvalue weighted by atomic mass is 35.5. The molecular formula is C26H30ClN3O6. The van der Waals surface area contributed by atoms with Gasteiger partial charge in [0.05, 0.1) is 23.5 Å². The summed E-state index contributed by atoms with van der Waals surface area (Å²) in [6.45, 7) is 2.08. The van der Waals surface area contributed by atoms with Crippen molar-refractivity contribution < 1.29 is 24.9 Å². The zero-order valence-corrected chi connectivity index (χ0v) is 20.8. The number of aliphatic carboxylic acids is 2. The molecule has 9 nitrogen and oxygen atoms in total. The minimum absolute atomic E-state index is 0.0278. The highest BCUT2D eigenvalue weighted by molar-refractivity contribution is 6.30. The van der Waals surface area contributed by atoms with E-state index in [1.54, 1.807) is 4.68 Å². The van der Waals surface area contributed by atoms with Crippen molar-refractivity contribution in [1.29, 1.82) is 0 Å². The second kappa shape index (κ2) is 12.6. The highest BCUT2D eigenvalue weighted by Gasteiger charge is 2.21. The lowest BCUT2D eigenvalue weighted by molar-refractivity contribution is -0.152. The molecule has 0 radical (unpaired) electrons. The number of benzene rings is 2. The average Bonchev–Trinajstić information content (AvgIpc) is 3.06. The van der Waals surface area contributed by atoms with Gasteiger partial charge in [0.2, 0.25) is 0 Å².